The molecule has 13 nitrogen and oxygen atoms in total. The number of hydrogen-bond acceptors (Lipinski definition) is 9. The van der Waals surface area contributed by atoms with Crippen LogP contribution in [0.4, 0.5) is 37.8 Å². The van der Waals surface area contributed by atoms with Crippen LogP contribution in [-0.2, 0) is 14.4 Å². The largest absolute Gasteiger partial charge is 0.490 e. The van der Waals surface area contributed by atoms with Crippen LogP contribution in [0.3, 0.4) is 0 Å². The Morgan fingerprint density at radius 2 is 1.60 bits per heavy atom. The fourth-order valence-corrected chi connectivity index (χ4v) is 3.89. The molecule has 0 spiro atoms. The Morgan fingerprint density at radius 3 is 2.16 bits per heavy atom. The number of carboxylic acid groups (broad SMARTS) is 2. The molecule has 0 atom stereocenters. The monoisotopic (exact) mass is 645 g/mol. The van der Waals surface area contributed by atoms with Gasteiger partial charge >= 0.3 is 24.3 Å². The number of aromatic nitrogens is 4. The van der Waals surface area contributed by atoms with Crippen molar-refractivity contribution in [2.24, 2.45) is 0 Å². The summed E-state index contributed by atoms with van der Waals surface area (Å²) in [5, 5.41) is 24.9. The van der Waals surface area contributed by atoms with E-state index in [2.05, 4.69) is 31.9 Å². The number of amides is 1. The second-order valence-electron chi connectivity index (χ2n) is 9.34. The Hall–Kier alpha value is -5.20. The lowest BCUT2D eigenvalue weighted by atomic mass is 10.1. The number of benzene rings is 1. The van der Waals surface area contributed by atoms with Gasteiger partial charge in [0.2, 0.25) is 11.8 Å². The summed E-state index contributed by atoms with van der Waals surface area (Å²) < 4.78 is 71.4. The lowest BCUT2D eigenvalue weighted by Crippen LogP contribution is -2.29. The fraction of sp³-hybridized carbons (Fsp3) is 0.308. The smallest absolute Gasteiger partial charge is 0.475 e. The minimum Gasteiger partial charge on any atom is -0.475 e. The summed E-state index contributed by atoms with van der Waals surface area (Å²) in [6.07, 6.45) is -2.39. The van der Waals surface area contributed by atoms with Gasteiger partial charge in [0, 0.05) is 36.1 Å². The number of piperidine rings is 1. The summed E-state index contributed by atoms with van der Waals surface area (Å²) >= 11 is 0. The first-order valence-electron chi connectivity index (χ1n) is 12.7. The molecule has 1 amide bonds. The quantitative estimate of drug-likeness (QED) is 0.196. The van der Waals surface area contributed by atoms with Crippen molar-refractivity contribution < 1.29 is 55.4 Å². The second-order valence-corrected chi connectivity index (χ2v) is 9.34. The number of fused-ring (bicyclic) bond motifs is 1. The third kappa shape index (κ3) is 9.65. The summed E-state index contributed by atoms with van der Waals surface area (Å²) in [5.74, 6) is -4.94. The summed E-state index contributed by atoms with van der Waals surface area (Å²) in [4.78, 5) is 38.0. The summed E-state index contributed by atoms with van der Waals surface area (Å²) in [6, 6.07) is 7.64. The van der Waals surface area contributed by atoms with Crippen LogP contribution in [0.5, 0.6) is 0 Å². The molecule has 4 aromatic rings. The number of carboxylic acids is 2. The van der Waals surface area contributed by atoms with E-state index in [0.29, 0.717) is 40.1 Å². The van der Waals surface area contributed by atoms with E-state index in [4.69, 9.17) is 30.0 Å². The number of anilines is 2. The molecule has 1 fully saturated rings. The van der Waals surface area contributed by atoms with Crippen LogP contribution in [-0.4, -0.2) is 73.2 Å². The number of carbonyl (C=O) groups excluding carboxylic acids is 1. The fourth-order valence-electron chi connectivity index (χ4n) is 3.89. The van der Waals surface area contributed by atoms with Crippen LogP contribution < -0.4 is 16.4 Å². The van der Waals surface area contributed by atoms with E-state index in [9.17, 15) is 31.1 Å². The molecule has 1 aliphatic rings. The lowest BCUT2D eigenvalue weighted by molar-refractivity contribution is -0.193. The third-order valence-corrected chi connectivity index (χ3v) is 5.96. The van der Waals surface area contributed by atoms with Crippen molar-refractivity contribution in [2.75, 3.05) is 24.1 Å². The van der Waals surface area contributed by atoms with E-state index in [-0.39, 0.29) is 5.91 Å². The number of alkyl halides is 6. The molecular weight excluding hydrogens is 620 g/mol. The first-order chi connectivity index (χ1) is 21.0. The van der Waals surface area contributed by atoms with Gasteiger partial charge in [-0.25, -0.2) is 19.6 Å². The molecule has 0 bridgehead atoms. The number of carbonyl (C=O) groups is 3. The number of aliphatic carboxylic acids is 2. The van der Waals surface area contributed by atoms with Crippen molar-refractivity contribution in [3.63, 3.8) is 0 Å². The molecule has 1 aromatic carbocycles. The van der Waals surface area contributed by atoms with Gasteiger partial charge in [0.1, 0.15) is 11.3 Å². The van der Waals surface area contributed by atoms with E-state index in [1.165, 1.54) is 6.92 Å². The van der Waals surface area contributed by atoms with Crippen LogP contribution in [0.2, 0.25) is 0 Å². The second kappa shape index (κ2) is 14.1. The normalized spacial score (nSPS) is 13.7. The SMILES string of the molecule is CC(=O)Nc1ccc2oc(-c3cc(-c4cnn(C5CCNCC5)c4)cnc3N)nc2c1.O=C(O)C(F)(F)F.O=C(O)C(F)(F)F. The van der Waals surface area contributed by atoms with Gasteiger partial charge < -0.3 is 31.0 Å². The molecule has 3 aromatic heterocycles. The van der Waals surface area contributed by atoms with Crippen molar-refractivity contribution >= 4 is 40.5 Å². The van der Waals surface area contributed by atoms with Gasteiger partial charge in [-0.15, -0.1) is 0 Å². The number of hydrogen-bond donors (Lipinski definition) is 5. The summed E-state index contributed by atoms with van der Waals surface area (Å²) in [6.45, 7) is 3.48. The first kappa shape index (κ1) is 34.3. The first-order valence-corrected chi connectivity index (χ1v) is 12.7. The highest BCUT2D eigenvalue weighted by Crippen LogP contribution is 2.32. The minimum atomic E-state index is -5.08. The zero-order chi connectivity index (χ0) is 33.5. The molecule has 0 saturated carbocycles. The Bertz CT molecular complexity index is 1640. The van der Waals surface area contributed by atoms with Gasteiger partial charge in [-0.3, -0.25) is 9.48 Å². The average molecular weight is 646 g/mol. The van der Waals surface area contributed by atoms with Crippen LogP contribution in [0.15, 0.2) is 47.3 Å². The van der Waals surface area contributed by atoms with Gasteiger partial charge in [0.15, 0.2) is 5.58 Å². The standard InChI is InChI=1S/C22H23N7O2.2C2HF3O2/c1-13(30)27-16-2-3-20-19(9-16)28-22(31-20)18-8-14(10-25-21(18)23)15-11-26-29(12-15)17-4-6-24-7-5-17;2*3-2(4,5)1(6)7/h2-3,8-12,17,24H,4-7H2,1H3,(H2,23,25)(H,27,30);2*(H,6,7). The van der Waals surface area contributed by atoms with Crippen molar-refractivity contribution in [1.29, 1.82) is 0 Å². The predicted molar refractivity (Wildman–Crippen MR) is 146 cm³/mol. The van der Waals surface area contributed by atoms with E-state index in [1.54, 1.807) is 24.4 Å². The molecule has 4 heterocycles. The highest BCUT2D eigenvalue weighted by molar-refractivity contribution is 5.91. The highest BCUT2D eigenvalue weighted by atomic mass is 19.4. The average Bonchev–Trinajstić information content (AvgIpc) is 3.61. The number of nitrogens with two attached hydrogens (primary N) is 1. The molecule has 6 N–H and O–H groups in total. The summed E-state index contributed by atoms with van der Waals surface area (Å²) in [7, 11) is 0. The molecule has 1 aliphatic heterocycles. The van der Waals surface area contributed by atoms with Gasteiger partial charge in [-0.2, -0.15) is 31.4 Å². The minimum absolute atomic E-state index is 0.144. The molecule has 19 heteroatoms. The topological polar surface area (TPSA) is 198 Å². The van der Waals surface area contributed by atoms with Crippen LogP contribution >= 0.6 is 0 Å². The number of pyridine rings is 1. The van der Waals surface area contributed by atoms with E-state index in [1.807, 2.05) is 16.9 Å². The highest BCUT2D eigenvalue weighted by Gasteiger charge is 2.38. The molecule has 5 rings (SSSR count). The Kier molecular flexibility index (Phi) is 10.7. The number of nitrogens with one attached hydrogen (secondary N) is 2. The molecule has 0 unspecified atom stereocenters. The molecule has 242 valence electrons. The number of nitrogens with zero attached hydrogens (tertiary/aromatic N) is 4. The predicted octanol–water partition coefficient (Wildman–Crippen LogP) is 4.49. The lowest BCUT2D eigenvalue weighted by Gasteiger charge is -2.22. The number of halogens is 6. The molecular formula is C26H25F6N7O6. The maximum absolute atomic E-state index is 11.3. The van der Waals surface area contributed by atoms with Crippen LogP contribution in [0, 0.1) is 0 Å². The van der Waals surface area contributed by atoms with E-state index >= 15 is 0 Å². The molecule has 1 saturated heterocycles. The van der Waals surface area contributed by atoms with E-state index < -0.39 is 24.3 Å². The van der Waals surface area contributed by atoms with Crippen molar-refractivity contribution in [3.8, 4) is 22.6 Å². The van der Waals surface area contributed by atoms with Gasteiger partial charge in [-0.05, 0) is 50.2 Å². The van der Waals surface area contributed by atoms with Crippen LogP contribution in [0.25, 0.3) is 33.7 Å². The van der Waals surface area contributed by atoms with Crippen molar-refractivity contribution in [2.45, 2.75) is 38.2 Å². The van der Waals surface area contributed by atoms with Gasteiger partial charge in [-0.1, -0.05) is 0 Å². The third-order valence-electron chi connectivity index (χ3n) is 5.96. The maximum Gasteiger partial charge on any atom is 0.490 e. The molecule has 0 aliphatic carbocycles. The Balaban J connectivity index is 0.000000331. The van der Waals surface area contributed by atoms with Crippen LogP contribution in [0.1, 0.15) is 25.8 Å². The van der Waals surface area contributed by atoms with Gasteiger partial charge in [0.05, 0.1) is 17.8 Å². The van der Waals surface area contributed by atoms with Crippen molar-refractivity contribution in [3.05, 3.63) is 42.9 Å². The summed E-state index contributed by atoms with van der Waals surface area (Å²) in [5.41, 5.74) is 10.5. The molecule has 45 heavy (non-hydrogen) atoms. The zero-order valence-corrected chi connectivity index (χ0v) is 23.1. The van der Waals surface area contributed by atoms with E-state index in [0.717, 1.165) is 37.1 Å². The van der Waals surface area contributed by atoms with Crippen molar-refractivity contribution in [1.82, 2.24) is 25.1 Å². The number of nitrogen functional groups attached to an aromatic ring is 1. The maximum atomic E-state index is 11.3. The Labute approximate surface area is 249 Å². The van der Waals surface area contributed by atoms with Gasteiger partial charge in [0.25, 0.3) is 0 Å². The number of oxazole rings is 1. The zero-order valence-electron chi connectivity index (χ0n) is 23.1. The molecule has 0 radical (unpaired) electrons. The number of rotatable bonds is 4. The Morgan fingerprint density at radius 1 is 1.00 bits per heavy atom.